The average molecular weight is 476 g/mol. The van der Waals surface area contributed by atoms with Crippen LogP contribution in [0.1, 0.15) is 22.5 Å². The third-order valence-electron chi connectivity index (χ3n) is 4.16. The predicted molar refractivity (Wildman–Crippen MR) is 104 cm³/mol. The third-order valence-corrected chi connectivity index (χ3v) is 4.16. The Morgan fingerprint density at radius 3 is 2.88 bits per heavy atom. The quantitative estimate of drug-likeness (QED) is 0.356. The van der Waals surface area contributed by atoms with Crippen LogP contribution >= 0.6 is 24.0 Å². The molecule has 26 heavy (non-hydrogen) atoms. The van der Waals surface area contributed by atoms with Gasteiger partial charge in [0.1, 0.15) is 11.6 Å². The van der Waals surface area contributed by atoms with E-state index in [9.17, 15) is 13.6 Å². The van der Waals surface area contributed by atoms with Crippen LogP contribution in [0.25, 0.3) is 0 Å². The van der Waals surface area contributed by atoms with E-state index in [1.54, 1.807) is 4.68 Å². The minimum absolute atomic E-state index is 0. The topological polar surface area (TPSA) is 111 Å². The molecule has 0 bridgehead atoms. The molecule has 10 heteroatoms. The number of hydrogen-bond acceptors (Lipinski definition) is 3. The number of rotatable bonds is 4. The molecule has 1 aromatic carbocycles. The zero-order valence-corrected chi connectivity index (χ0v) is 16.1. The van der Waals surface area contributed by atoms with Gasteiger partial charge >= 0.3 is 0 Å². The molecule has 1 atom stereocenters. The fourth-order valence-corrected chi connectivity index (χ4v) is 2.86. The smallest absolute Gasteiger partial charge is 0.252 e. The molecule has 1 unspecified atom stereocenters. The Morgan fingerprint density at radius 1 is 1.38 bits per heavy atom. The molecule has 0 aliphatic carbocycles. The number of primary amides is 1. The fourth-order valence-electron chi connectivity index (χ4n) is 2.86. The molecule has 2 aromatic rings. The third kappa shape index (κ3) is 4.48. The lowest BCUT2D eigenvalue weighted by molar-refractivity contribution is 0.0998. The second kappa shape index (κ2) is 8.43. The van der Waals surface area contributed by atoms with Crippen molar-refractivity contribution in [2.24, 2.45) is 22.4 Å². The van der Waals surface area contributed by atoms with Crippen LogP contribution in [-0.4, -0.2) is 28.2 Å². The van der Waals surface area contributed by atoms with Crippen molar-refractivity contribution < 1.29 is 13.6 Å². The highest BCUT2D eigenvalue weighted by Gasteiger charge is 2.24. The van der Waals surface area contributed by atoms with Crippen LogP contribution in [0.15, 0.2) is 29.4 Å². The van der Waals surface area contributed by atoms with Gasteiger partial charge in [0.15, 0.2) is 5.96 Å². The van der Waals surface area contributed by atoms with Crippen molar-refractivity contribution in [1.29, 1.82) is 0 Å². The standard InChI is InChI=1S/C16H18F2N6O.HI/c17-10-1-2-12(18)13(6-10)23-16(20)21-7-9-3-4-24-14(5-9)11(8-22-24)15(19)25;/h1-2,6,8-9H,3-5,7H2,(H2,19,25)(H3,20,21,23);1H. The Kier molecular flexibility index (Phi) is 6.51. The number of amides is 1. The number of aryl methyl sites for hydroxylation is 1. The molecule has 7 nitrogen and oxygen atoms in total. The van der Waals surface area contributed by atoms with Gasteiger partial charge in [-0.3, -0.25) is 14.5 Å². The Morgan fingerprint density at radius 2 is 2.15 bits per heavy atom. The Bertz CT molecular complexity index is 838. The maximum atomic E-state index is 13.6. The first kappa shape index (κ1) is 20.1. The van der Waals surface area contributed by atoms with Gasteiger partial charge in [-0.2, -0.15) is 5.10 Å². The van der Waals surface area contributed by atoms with Crippen molar-refractivity contribution in [1.82, 2.24) is 9.78 Å². The number of halogens is 3. The van der Waals surface area contributed by atoms with Crippen LogP contribution in [-0.2, 0) is 13.0 Å². The van der Waals surface area contributed by atoms with Gasteiger partial charge in [0.05, 0.1) is 23.1 Å². The predicted octanol–water partition coefficient (Wildman–Crippen LogP) is 1.87. The molecule has 0 saturated heterocycles. The summed E-state index contributed by atoms with van der Waals surface area (Å²) in [4.78, 5) is 15.6. The first-order valence-corrected chi connectivity index (χ1v) is 7.80. The Hall–Kier alpha value is -2.24. The summed E-state index contributed by atoms with van der Waals surface area (Å²) < 4.78 is 28.5. The number of hydrogen-bond donors (Lipinski definition) is 3. The lowest BCUT2D eigenvalue weighted by atomic mass is 9.94. The van der Waals surface area contributed by atoms with Gasteiger partial charge in [-0.15, -0.1) is 24.0 Å². The highest BCUT2D eigenvalue weighted by atomic mass is 127. The second-order valence-corrected chi connectivity index (χ2v) is 5.93. The lowest BCUT2D eigenvalue weighted by Crippen LogP contribution is -2.27. The van der Waals surface area contributed by atoms with Crippen molar-refractivity contribution in [2.75, 3.05) is 11.9 Å². The minimum Gasteiger partial charge on any atom is -0.370 e. The molecular formula is C16H19F2IN6O. The molecule has 5 N–H and O–H groups in total. The lowest BCUT2D eigenvalue weighted by Gasteiger charge is -2.22. The van der Waals surface area contributed by atoms with E-state index in [4.69, 9.17) is 11.5 Å². The second-order valence-electron chi connectivity index (χ2n) is 5.93. The summed E-state index contributed by atoms with van der Waals surface area (Å²) in [6.45, 7) is 1.05. The fraction of sp³-hybridized carbons (Fsp3) is 0.312. The first-order valence-electron chi connectivity index (χ1n) is 7.80. The number of aromatic nitrogens is 2. The van der Waals surface area contributed by atoms with Crippen molar-refractivity contribution in [3.63, 3.8) is 0 Å². The Labute approximate surface area is 165 Å². The van der Waals surface area contributed by atoms with E-state index < -0.39 is 17.5 Å². The number of nitrogens with two attached hydrogens (primary N) is 2. The van der Waals surface area contributed by atoms with E-state index in [0.717, 1.165) is 30.3 Å². The van der Waals surface area contributed by atoms with Gasteiger partial charge in [-0.1, -0.05) is 0 Å². The van der Waals surface area contributed by atoms with E-state index in [1.807, 2.05) is 0 Å². The van der Waals surface area contributed by atoms with Gasteiger partial charge in [-0.05, 0) is 30.9 Å². The molecule has 0 fully saturated rings. The number of nitrogens with zero attached hydrogens (tertiary/aromatic N) is 3. The summed E-state index contributed by atoms with van der Waals surface area (Å²) >= 11 is 0. The first-order chi connectivity index (χ1) is 11.9. The number of fused-ring (bicyclic) bond motifs is 1. The number of guanidine groups is 1. The van der Waals surface area contributed by atoms with E-state index in [1.165, 1.54) is 6.20 Å². The minimum atomic E-state index is -0.618. The summed E-state index contributed by atoms with van der Waals surface area (Å²) in [5.41, 5.74) is 12.2. The number of carbonyl (C=O) groups excluding carboxylic acids is 1. The van der Waals surface area contributed by atoms with Gasteiger partial charge in [0, 0.05) is 19.2 Å². The number of carbonyl (C=O) groups is 1. The largest absolute Gasteiger partial charge is 0.370 e. The van der Waals surface area contributed by atoms with Gasteiger partial charge < -0.3 is 16.8 Å². The molecular weight excluding hydrogens is 457 g/mol. The van der Waals surface area contributed by atoms with Crippen LogP contribution < -0.4 is 16.8 Å². The molecule has 3 rings (SSSR count). The summed E-state index contributed by atoms with van der Waals surface area (Å²) in [5, 5.41) is 6.70. The van der Waals surface area contributed by atoms with Crippen LogP contribution in [0.5, 0.6) is 0 Å². The van der Waals surface area contributed by atoms with Gasteiger partial charge in [-0.25, -0.2) is 8.78 Å². The van der Waals surface area contributed by atoms with E-state index in [2.05, 4.69) is 15.4 Å². The van der Waals surface area contributed by atoms with Crippen LogP contribution in [0, 0.1) is 17.6 Å². The normalized spacial score (nSPS) is 16.5. The molecule has 1 amide bonds. The van der Waals surface area contributed by atoms with E-state index in [-0.39, 0.29) is 41.5 Å². The number of aliphatic imine (C=N–C) groups is 1. The van der Waals surface area contributed by atoms with E-state index >= 15 is 0 Å². The molecule has 0 spiro atoms. The number of nitrogens with one attached hydrogen (secondary N) is 1. The summed E-state index contributed by atoms with van der Waals surface area (Å²) in [6.07, 6.45) is 2.90. The van der Waals surface area contributed by atoms with Crippen molar-refractivity contribution >= 4 is 41.5 Å². The number of anilines is 1. The zero-order valence-electron chi connectivity index (χ0n) is 13.8. The van der Waals surface area contributed by atoms with Gasteiger partial charge in [0.25, 0.3) is 5.91 Å². The maximum absolute atomic E-state index is 13.6. The highest BCUT2D eigenvalue weighted by molar-refractivity contribution is 14.0. The summed E-state index contributed by atoms with van der Waals surface area (Å²) in [7, 11) is 0. The molecule has 1 aromatic heterocycles. The van der Waals surface area contributed by atoms with Crippen molar-refractivity contribution in [2.45, 2.75) is 19.4 Å². The van der Waals surface area contributed by atoms with Crippen LogP contribution in [0.2, 0.25) is 0 Å². The van der Waals surface area contributed by atoms with Crippen LogP contribution in [0.4, 0.5) is 14.5 Å². The molecule has 140 valence electrons. The molecule has 1 aliphatic rings. The van der Waals surface area contributed by atoms with E-state index in [0.29, 0.717) is 25.1 Å². The molecule has 0 radical (unpaired) electrons. The monoisotopic (exact) mass is 476 g/mol. The summed E-state index contributed by atoms with van der Waals surface area (Å²) in [6, 6.07) is 3.05. The summed E-state index contributed by atoms with van der Waals surface area (Å²) in [5.74, 6) is -1.55. The average Bonchev–Trinajstić information content (AvgIpc) is 2.99. The maximum Gasteiger partial charge on any atom is 0.252 e. The number of benzene rings is 1. The van der Waals surface area contributed by atoms with Crippen LogP contribution in [0.3, 0.4) is 0 Å². The molecule has 0 saturated carbocycles. The molecule has 2 heterocycles. The van der Waals surface area contributed by atoms with Gasteiger partial charge in [0.2, 0.25) is 0 Å². The highest BCUT2D eigenvalue weighted by Crippen LogP contribution is 2.23. The molecule has 1 aliphatic heterocycles. The van der Waals surface area contributed by atoms with Crippen molar-refractivity contribution in [3.8, 4) is 0 Å². The zero-order chi connectivity index (χ0) is 18.0. The SMILES string of the molecule is I.NC(=O)c1cnn2c1CC(CN=C(N)Nc1cc(F)ccc1F)CC2. The Balaban J connectivity index is 0.00000243. The van der Waals surface area contributed by atoms with Crippen molar-refractivity contribution in [3.05, 3.63) is 47.3 Å².